The van der Waals surface area contributed by atoms with Crippen molar-refractivity contribution in [3.8, 4) is 0 Å². The van der Waals surface area contributed by atoms with Gasteiger partial charge >= 0.3 is 6.09 Å². The van der Waals surface area contributed by atoms with E-state index in [0.29, 0.717) is 6.61 Å². The van der Waals surface area contributed by atoms with Crippen molar-refractivity contribution in [3.63, 3.8) is 0 Å². The van der Waals surface area contributed by atoms with Gasteiger partial charge in [-0.3, -0.25) is 4.90 Å². The fourth-order valence-electron chi connectivity index (χ4n) is 5.07. The monoisotopic (exact) mass is 479 g/mol. The number of rotatable bonds is 6. The summed E-state index contributed by atoms with van der Waals surface area (Å²) in [4.78, 5) is 15.1. The number of nitrogens with zero attached hydrogens (tertiary/aromatic N) is 1. The van der Waals surface area contributed by atoms with Crippen molar-refractivity contribution in [3.05, 3.63) is 72.8 Å². The summed E-state index contributed by atoms with van der Waals surface area (Å²) in [6, 6.07) is 21.3. The Balaban J connectivity index is 1.99. The van der Waals surface area contributed by atoms with Crippen LogP contribution in [0.15, 0.2) is 72.8 Å². The second kappa shape index (κ2) is 10.5. The molecule has 1 amide bonds. The standard InChI is InChI=1S/C29H41NO3Si/c1-8-15-23-20-21-24(30(23)27(31)33-28(2,3)4)22-32-34(29(5,6)7,25-16-11-9-12-17-25)26-18-13-10-14-19-26/h8-19,23-24H,20-22H2,1-7H3/b15-8+/t23-,24+/m1/s1. The Hall–Kier alpha value is -2.37. The molecule has 3 rings (SSSR count). The Morgan fingerprint density at radius 3 is 1.91 bits per heavy atom. The third kappa shape index (κ3) is 5.64. The third-order valence-electron chi connectivity index (χ3n) is 6.47. The smallest absolute Gasteiger partial charge is 0.411 e. The summed E-state index contributed by atoms with van der Waals surface area (Å²) in [5, 5.41) is 2.40. The molecule has 0 aromatic heterocycles. The van der Waals surface area contributed by atoms with Gasteiger partial charge in [0.15, 0.2) is 0 Å². The lowest BCUT2D eigenvalue weighted by molar-refractivity contribution is 0.0134. The lowest BCUT2D eigenvalue weighted by Crippen LogP contribution is -2.67. The Kier molecular flexibility index (Phi) is 8.09. The number of likely N-dealkylation sites (tertiary alicyclic amines) is 1. The maximum Gasteiger partial charge on any atom is 0.411 e. The van der Waals surface area contributed by atoms with Gasteiger partial charge in [-0.2, -0.15) is 0 Å². The highest BCUT2D eigenvalue weighted by molar-refractivity contribution is 6.99. The largest absolute Gasteiger partial charge is 0.444 e. The molecule has 0 aliphatic carbocycles. The maximum absolute atomic E-state index is 13.2. The average molecular weight is 480 g/mol. The predicted molar refractivity (Wildman–Crippen MR) is 143 cm³/mol. The van der Waals surface area contributed by atoms with Crippen LogP contribution in [0.3, 0.4) is 0 Å². The minimum absolute atomic E-state index is 0.0299. The summed E-state index contributed by atoms with van der Waals surface area (Å²) < 4.78 is 13.0. The van der Waals surface area contributed by atoms with Gasteiger partial charge in [0.2, 0.25) is 0 Å². The Morgan fingerprint density at radius 1 is 0.941 bits per heavy atom. The zero-order chi connectivity index (χ0) is 25.0. The summed E-state index contributed by atoms with van der Waals surface area (Å²) >= 11 is 0. The fourth-order valence-corrected chi connectivity index (χ4v) is 9.67. The first-order valence-corrected chi connectivity index (χ1v) is 14.3. The van der Waals surface area contributed by atoms with Gasteiger partial charge < -0.3 is 9.16 Å². The van der Waals surface area contributed by atoms with Crippen LogP contribution in [0.25, 0.3) is 0 Å². The van der Waals surface area contributed by atoms with Gasteiger partial charge in [-0.05, 0) is 55.9 Å². The molecule has 1 aliphatic rings. The van der Waals surface area contributed by atoms with Gasteiger partial charge in [0, 0.05) is 0 Å². The molecule has 1 aliphatic heterocycles. The molecule has 0 radical (unpaired) electrons. The first-order chi connectivity index (χ1) is 16.0. The van der Waals surface area contributed by atoms with Crippen LogP contribution in [-0.4, -0.2) is 43.6 Å². The van der Waals surface area contributed by atoms with Crippen molar-refractivity contribution in [2.75, 3.05) is 6.61 Å². The van der Waals surface area contributed by atoms with E-state index in [9.17, 15) is 4.79 Å². The number of hydrogen-bond acceptors (Lipinski definition) is 3. The van der Waals surface area contributed by atoms with Crippen LogP contribution < -0.4 is 10.4 Å². The molecule has 4 nitrogen and oxygen atoms in total. The summed E-state index contributed by atoms with van der Waals surface area (Å²) in [7, 11) is -2.67. The number of ether oxygens (including phenoxy) is 1. The highest BCUT2D eigenvalue weighted by atomic mass is 28.4. The molecule has 0 N–H and O–H groups in total. The summed E-state index contributed by atoms with van der Waals surface area (Å²) in [5.74, 6) is 0. The average Bonchev–Trinajstić information content (AvgIpc) is 3.16. The first kappa shape index (κ1) is 26.2. The Bertz CT molecular complexity index is 921. The van der Waals surface area contributed by atoms with Crippen molar-refractivity contribution in [1.82, 2.24) is 4.90 Å². The van der Waals surface area contributed by atoms with Crippen LogP contribution in [0.1, 0.15) is 61.3 Å². The second-order valence-electron chi connectivity index (χ2n) is 11.2. The van der Waals surface area contributed by atoms with Gasteiger partial charge in [-0.15, -0.1) is 0 Å². The summed E-state index contributed by atoms with van der Waals surface area (Å²) in [6.45, 7) is 15.1. The molecular weight excluding hydrogens is 438 g/mol. The SMILES string of the molecule is C/C=C/[C@@H]1CC[C@@H](CO[Si](c2ccccc2)(c2ccccc2)C(C)(C)C)N1C(=O)OC(C)(C)C. The number of benzene rings is 2. The number of amides is 1. The minimum Gasteiger partial charge on any atom is -0.444 e. The maximum atomic E-state index is 13.2. The highest BCUT2D eigenvalue weighted by Gasteiger charge is 2.51. The van der Waals surface area contributed by atoms with Crippen LogP contribution >= 0.6 is 0 Å². The number of carbonyl (C=O) groups is 1. The molecule has 34 heavy (non-hydrogen) atoms. The molecule has 0 unspecified atom stereocenters. The number of allylic oxidation sites excluding steroid dienone is 1. The van der Waals surface area contributed by atoms with Crippen LogP contribution in [0.4, 0.5) is 4.79 Å². The molecule has 0 bridgehead atoms. The third-order valence-corrected chi connectivity index (χ3v) is 11.5. The zero-order valence-electron chi connectivity index (χ0n) is 21.9. The zero-order valence-corrected chi connectivity index (χ0v) is 22.9. The molecule has 0 spiro atoms. The van der Waals surface area contributed by atoms with Crippen LogP contribution in [0.2, 0.25) is 5.04 Å². The van der Waals surface area contributed by atoms with E-state index in [4.69, 9.17) is 9.16 Å². The van der Waals surface area contributed by atoms with E-state index in [0.717, 1.165) is 12.8 Å². The van der Waals surface area contributed by atoms with E-state index in [1.54, 1.807) is 0 Å². The molecule has 2 atom stereocenters. The van der Waals surface area contributed by atoms with Gasteiger partial charge in [-0.1, -0.05) is 93.6 Å². The molecule has 0 saturated carbocycles. The number of hydrogen-bond donors (Lipinski definition) is 0. The molecule has 1 saturated heterocycles. The fraction of sp³-hybridized carbons (Fsp3) is 0.483. The lowest BCUT2D eigenvalue weighted by Gasteiger charge is -2.44. The summed E-state index contributed by atoms with van der Waals surface area (Å²) in [5.41, 5.74) is -0.538. The Morgan fingerprint density at radius 2 is 1.47 bits per heavy atom. The quantitative estimate of drug-likeness (QED) is 0.382. The molecule has 5 heteroatoms. The van der Waals surface area contributed by atoms with E-state index >= 15 is 0 Å². The van der Waals surface area contributed by atoms with Gasteiger partial charge in [0.1, 0.15) is 5.60 Å². The lowest BCUT2D eigenvalue weighted by atomic mass is 10.2. The molecule has 1 heterocycles. The molecule has 184 valence electrons. The van der Waals surface area contributed by atoms with Crippen LogP contribution in [0.5, 0.6) is 0 Å². The molecular formula is C29H41NO3Si. The van der Waals surface area contributed by atoms with Crippen LogP contribution in [-0.2, 0) is 9.16 Å². The minimum atomic E-state index is -2.67. The van der Waals surface area contributed by atoms with E-state index in [1.807, 2.05) is 38.7 Å². The highest BCUT2D eigenvalue weighted by Crippen LogP contribution is 2.38. The van der Waals surface area contributed by atoms with Crippen LogP contribution in [0, 0.1) is 0 Å². The Labute approximate surface area is 207 Å². The van der Waals surface area contributed by atoms with Crippen molar-refractivity contribution in [2.24, 2.45) is 0 Å². The second-order valence-corrected chi connectivity index (χ2v) is 15.5. The summed E-state index contributed by atoms with van der Waals surface area (Å²) in [6.07, 6.45) is 5.68. The van der Waals surface area contributed by atoms with E-state index in [2.05, 4.69) is 87.5 Å². The predicted octanol–water partition coefficient (Wildman–Crippen LogP) is 5.91. The van der Waals surface area contributed by atoms with Crippen molar-refractivity contribution in [2.45, 2.75) is 84.0 Å². The molecule has 1 fully saturated rings. The van der Waals surface area contributed by atoms with Crippen molar-refractivity contribution in [1.29, 1.82) is 0 Å². The van der Waals surface area contributed by atoms with Crippen molar-refractivity contribution < 1.29 is 14.0 Å². The topological polar surface area (TPSA) is 38.8 Å². The van der Waals surface area contributed by atoms with Crippen molar-refractivity contribution >= 4 is 24.8 Å². The van der Waals surface area contributed by atoms with Gasteiger partial charge in [0.25, 0.3) is 8.32 Å². The van der Waals surface area contributed by atoms with E-state index < -0.39 is 13.9 Å². The molecule has 2 aromatic carbocycles. The van der Waals surface area contributed by atoms with E-state index in [-0.39, 0.29) is 23.2 Å². The molecule has 2 aromatic rings. The number of carbonyl (C=O) groups excluding carboxylic acids is 1. The normalized spacial score (nSPS) is 19.6. The van der Waals surface area contributed by atoms with Gasteiger partial charge in [-0.25, -0.2) is 4.79 Å². The first-order valence-electron chi connectivity index (χ1n) is 12.4. The van der Waals surface area contributed by atoms with Gasteiger partial charge in [0.05, 0.1) is 18.7 Å². The van der Waals surface area contributed by atoms with E-state index in [1.165, 1.54) is 10.4 Å².